The summed E-state index contributed by atoms with van der Waals surface area (Å²) in [6, 6.07) is 18.3. The maximum atomic E-state index is 5.85. The number of aromatic nitrogens is 3. The minimum Gasteiger partial charge on any atom is -0.454 e. The molecule has 2 aliphatic rings. The normalized spacial score (nSPS) is 18.7. The van der Waals surface area contributed by atoms with Crippen molar-refractivity contribution >= 4 is 17.3 Å². The maximum Gasteiger partial charge on any atom is 0.231 e. The van der Waals surface area contributed by atoms with E-state index in [0.717, 1.165) is 39.8 Å². The molecule has 8 heteroatoms. The first kappa shape index (κ1) is 21.6. The number of nitrogens with zero attached hydrogens (tertiary/aromatic N) is 4. The molecule has 0 radical (unpaired) electrons. The summed E-state index contributed by atoms with van der Waals surface area (Å²) in [5.41, 5.74) is 6.59. The van der Waals surface area contributed by atoms with Crippen LogP contribution in [0.5, 0.6) is 11.5 Å². The molecule has 1 N–H and O–H groups in total. The standard InChI is InChI=1S/C27H25N5O2S/c1-17-12-21(18(2)32(17)20-8-9-23-24(13-20)34-16-33-23)26-25(22-7-3-4-11-29-22)30-27(35)31(26)15-19-6-5-10-28-14-19/h3-14,25-26H,15-16H2,1-2H3,(H,30,35). The molecule has 0 spiro atoms. The fourth-order valence-electron chi connectivity index (χ4n) is 5.11. The van der Waals surface area contributed by atoms with E-state index in [0.29, 0.717) is 11.7 Å². The van der Waals surface area contributed by atoms with Crippen molar-refractivity contribution in [2.45, 2.75) is 32.5 Å². The number of aryl methyl sites for hydroxylation is 1. The zero-order valence-electron chi connectivity index (χ0n) is 19.5. The van der Waals surface area contributed by atoms with Gasteiger partial charge >= 0.3 is 0 Å². The van der Waals surface area contributed by atoms with Crippen LogP contribution >= 0.6 is 12.2 Å². The van der Waals surface area contributed by atoms with Gasteiger partial charge in [0, 0.05) is 48.3 Å². The number of thiocarbonyl (C=S) groups is 1. The lowest BCUT2D eigenvalue weighted by atomic mass is 9.96. The van der Waals surface area contributed by atoms with E-state index in [2.05, 4.69) is 62.9 Å². The predicted octanol–water partition coefficient (Wildman–Crippen LogP) is 4.79. The summed E-state index contributed by atoms with van der Waals surface area (Å²) in [7, 11) is 0. The number of pyridine rings is 2. The summed E-state index contributed by atoms with van der Waals surface area (Å²) < 4.78 is 13.4. The largest absolute Gasteiger partial charge is 0.454 e. The molecule has 0 aliphatic carbocycles. The lowest BCUT2D eigenvalue weighted by Gasteiger charge is -2.28. The van der Waals surface area contributed by atoms with Crippen LogP contribution < -0.4 is 14.8 Å². The van der Waals surface area contributed by atoms with Crippen LogP contribution in [0.2, 0.25) is 0 Å². The lowest BCUT2D eigenvalue weighted by molar-refractivity contribution is 0.174. The van der Waals surface area contributed by atoms with Crippen LogP contribution in [0.1, 0.15) is 40.3 Å². The third kappa shape index (κ3) is 3.80. The third-order valence-electron chi connectivity index (χ3n) is 6.68. The first-order chi connectivity index (χ1) is 17.1. The van der Waals surface area contributed by atoms with Gasteiger partial charge in [-0.15, -0.1) is 0 Å². The van der Waals surface area contributed by atoms with E-state index in [9.17, 15) is 0 Å². The zero-order valence-corrected chi connectivity index (χ0v) is 20.3. The van der Waals surface area contributed by atoms with Gasteiger partial charge in [0.15, 0.2) is 16.6 Å². The Labute approximate surface area is 209 Å². The van der Waals surface area contributed by atoms with Crippen molar-refractivity contribution in [1.82, 2.24) is 24.8 Å². The number of benzene rings is 1. The monoisotopic (exact) mass is 483 g/mol. The number of hydrogen-bond donors (Lipinski definition) is 1. The molecule has 1 fully saturated rings. The van der Waals surface area contributed by atoms with Crippen LogP contribution in [0.3, 0.4) is 0 Å². The minimum atomic E-state index is -0.0777. The Kier molecular flexibility index (Phi) is 5.37. The van der Waals surface area contributed by atoms with Gasteiger partial charge in [0.05, 0.1) is 17.8 Å². The van der Waals surface area contributed by atoms with Crippen LogP contribution in [0.15, 0.2) is 73.2 Å². The second-order valence-corrected chi connectivity index (χ2v) is 9.20. The van der Waals surface area contributed by atoms with Crippen LogP contribution in [-0.4, -0.2) is 31.3 Å². The predicted molar refractivity (Wildman–Crippen MR) is 137 cm³/mol. The average molecular weight is 484 g/mol. The highest BCUT2D eigenvalue weighted by Crippen LogP contribution is 2.43. The molecule has 0 bridgehead atoms. The van der Waals surface area contributed by atoms with Crippen molar-refractivity contribution in [3.05, 3.63) is 101 Å². The molecule has 2 atom stereocenters. The molecule has 1 aromatic carbocycles. The van der Waals surface area contributed by atoms with Gasteiger partial charge in [-0.05, 0) is 73.6 Å². The van der Waals surface area contributed by atoms with Crippen LogP contribution in [-0.2, 0) is 6.54 Å². The first-order valence-corrected chi connectivity index (χ1v) is 12.0. The van der Waals surface area contributed by atoms with E-state index < -0.39 is 0 Å². The summed E-state index contributed by atoms with van der Waals surface area (Å²) in [6.07, 6.45) is 5.51. The fraction of sp³-hybridized carbons (Fsp3) is 0.222. The summed E-state index contributed by atoms with van der Waals surface area (Å²) in [4.78, 5) is 11.2. The Morgan fingerprint density at radius 2 is 1.91 bits per heavy atom. The van der Waals surface area contributed by atoms with Crippen molar-refractivity contribution in [2.24, 2.45) is 0 Å². The van der Waals surface area contributed by atoms with E-state index in [1.165, 1.54) is 5.56 Å². The Hall–Kier alpha value is -3.91. The molecule has 2 aliphatic heterocycles. The molecular weight excluding hydrogens is 458 g/mol. The van der Waals surface area contributed by atoms with E-state index in [1.807, 2.05) is 42.7 Å². The van der Waals surface area contributed by atoms with Gasteiger partial charge < -0.3 is 24.3 Å². The van der Waals surface area contributed by atoms with Gasteiger partial charge in [0.2, 0.25) is 6.79 Å². The van der Waals surface area contributed by atoms with Gasteiger partial charge in [-0.3, -0.25) is 9.97 Å². The fourth-order valence-corrected chi connectivity index (χ4v) is 5.42. The number of rotatable bonds is 5. The van der Waals surface area contributed by atoms with E-state index in [4.69, 9.17) is 21.7 Å². The molecule has 6 rings (SSSR count). The first-order valence-electron chi connectivity index (χ1n) is 11.6. The van der Waals surface area contributed by atoms with Crippen LogP contribution in [0.25, 0.3) is 5.69 Å². The van der Waals surface area contributed by atoms with Crippen molar-refractivity contribution in [3.8, 4) is 17.2 Å². The second-order valence-electron chi connectivity index (χ2n) is 8.82. The van der Waals surface area contributed by atoms with Crippen molar-refractivity contribution in [2.75, 3.05) is 6.79 Å². The molecule has 1 saturated heterocycles. The third-order valence-corrected chi connectivity index (χ3v) is 7.03. The smallest absolute Gasteiger partial charge is 0.231 e. The zero-order chi connectivity index (χ0) is 23.9. The highest BCUT2D eigenvalue weighted by Gasteiger charge is 2.41. The van der Waals surface area contributed by atoms with Crippen molar-refractivity contribution in [1.29, 1.82) is 0 Å². The molecule has 0 saturated carbocycles. The number of nitrogens with one attached hydrogen (secondary N) is 1. The molecule has 0 amide bonds. The van der Waals surface area contributed by atoms with Crippen molar-refractivity contribution < 1.29 is 9.47 Å². The van der Waals surface area contributed by atoms with Gasteiger partial charge in [-0.2, -0.15) is 0 Å². The molecule has 7 nitrogen and oxygen atoms in total. The summed E-state index contributed by atoms with van der Waals surface area (Å²) in [5.74, 6) is 1.55. The Morgan fingerprint density at radius 1 is 1.03 bits per heavy atom. The van der Waals surface area contributed by atoms with E-state index >= 15 is 0 Å². The molecule has 2 unspecified atom stereocenters. The summed E-state index contributed by atoms with van der Waals surface area (Å²) >= 11 is 5.85. The maximum absolute atomic E-state index is 5.85. The molecule has 5 heterocycles. The van der Waals surface area contributed by atoms with Crippen LogP contribution in [0.4, 0.5) is 0 Å². The van der Waals surface area contributed by atoms with Crippen molar-refractivity contribution in [3.63, 3.8) is 0 Å². The Balaban J connectivity index is 1.45. The average Bonchev–Trinajstić information content (AvgIpc) is 3.56. The SMILES string of the molecule is Cc1cc(C2C(c3ccccn3)NC(=S)N2Cc2cccnc2)c(C)n1-c1ccc2c(c1)OCO2. The summed E-state index contributed by atoms with van der Waals surface area (Å²) in [5, 5.41) is 4.26. The molecule has 4 aromatic rings. The number of ether oxygens (including phenoxy) is 2. The highest BCUT2D eigenvalue weighted by molar-refractivity contribution is 7.80. The van der Waals surface area contributed by atoms with Gasteiger partial charge in [0.25, 0.3) is 0 Å². The Bertz CT molecular complexity index is 1390. The number of hydrogen-bond acceptors (Lipinski definition) is 5. The molecular formula is C27H25N5O2S. The lowest BCUT2D eigenvalue weighted by Crippen LogP contribution is -2.29. The van der Waals surface area contributed by atoms with Gasteiger partial charge in [-0.1, -0.05) is 12.1 Å². The molecule has 35 heavy (non-hydrogen) atoms. The van der Waals surface area contributed by atoms with E-state index in [1.54, 1.807) is 6.20 Å². The number of fused-ring (bicyclic) bond motifs is 1. The summed E-state index contributed by atoms with van der Waals surface area (Å²) in [6.45, 7) is 5.20. The minimum absolute atomic E-state index is 0.0356. The van der Waals surface area contributed by atoms with Gasteiger partial charge in [0.1, 0.15) is 0 Å². The van der Waals surface area contributed by atoms with Crippen LogP contribution in [0, 0.1) is 13.8 Å². The molecule has 3 aromatic heterocycles. The Morgan fingerprint density at radius 3 is 2.71 bits per heavy atom. The second kappa shape index (κ2) is 8.70. The topological polar surface area (TPSA) is 64.4 Å². The quantitative estimate of drug-likeness (QED) is 0.410. The van der Waals surface area contributed by atoms with E-state index in [-0.39, 0.29) is 18.9 Å². The molecule has 176 valence electrons. The van der Waals surface area contributed by atoms with Gasteiger partial charge in [-0.25, -0.2) is 0 Å². The highest BCUT2D eigenvalue weighted by atomic mass is 32.1.